The summed E-state index contributed by atoms with van der Waals surface area (Å²) in [5.41, 5.74) is 1.67. The van der Waals surface area contributed by atoms with Gasteiger partial charge in [-0.3, -0.25) is 9.89 Å². The van der Waals surface area contributed by atoms with Gasteiger partial charge >= 0.3 is 0 Å². The first-order chi connectivity index (χ1) is 10.7. The van der Waals surface area contributed by atoms with Gasteiger partial charge in [0.25, 0.3) is 5.91 Å². The normalized spacial score (nSPS) is 20.3. The van der Waals surface area contributed by atoms with Gasteiger partial charge in [0.2, 0.25) is 0 Å². The zero-order chi connectivity index (χ0) is 15.5. The summed E-state index contributed by atoms with van der Waals surface area (Å²) in [6.07, 6.45) is 4.49. The van der Waals surface area contributed by atoms with Gasteiger partial charge in [0.05, 0.1) is 5.69 Å². The van der Waals surface area contributed by atoms with Gasteiger partial charge in [-0.1, -0.05) is 12.2 Å². The van der Waals surface area contributed by atoms with Gasteiger partial charge in [-0.2, -0.15) is 5.10 Å². The van der Waals surface area contributed by atoms with Crippen LogP contribution in [-0.2, 0) is 0 Å². The molecular formula is C16H16FN3O2. The Hall–Kier alpha value is -2.47. The van der Waals surface area contributed by atoms with Gasteiger partial charge in [0.15, 0.2) is 0 Å². The Kier molecular flexibility index (Phi) is 4.02. The van der Waals surface area contributed by atoms with Crippen molar-refractivity contribution in [3.05, 3.63) is 54.0 Å². The number of nitrogens with zero attached hydrogens (tertiary/aromatic N) is 1. The fraction of sp³-hybridized carbons (Fsp3) is 0.250. The molecule has 0 radical (unpaired) electrons. The van der Waals surface area contributed by atoms with Crippen LogP contribution in [0, 0.1) is 11.7 Å². The zero-order valence-electron chi connectivity index (χ0n) is 11.8. The number of halogens is 1. The number of benzene rings is 1. The number of aromatic nitrogens is 2. The molecule has 1 aromatic heterocycles. The second-order valence-electron chi connectivity index (χ2n) is 5.32. The molecule has 0 fully saturated rings. The van der Waals surface area contributed by atoms with Crippen LogP contribution in [0.25, 0.3) is 11.3 Å². The van der Waals surface area contributed by atoms with E-state index in [0.717, 1.165) is 5.56 Å². The highest BCUT2D eigenvalue weighted by molar-refractivity contribution is 5.93. The quantitative estimate of drug-likeness (QED) is 0.755. The lowest BCUT2D eigenvalue weighted by Crippen LogP contribution is -2.33. The summed E-state index contributed by atoms with van der Waals surface area (Å²) in [5, 5.41) is 18.7. The van der Waals surface area contributed by atoms with Crippen molar-refractivity contribution in [3.8, 4) is 11.3 Å². The van der Waals surface area contributed by atoms with E-state index in [1.807, 2.05) is 12.2 Å². The number of hydrogen-bond donors (Lipinski definition) is 3. The fourth-order valence-electron chi connectivity index (χ4n) is 2.47. The van der Waals surface area contributed by atoms with Gasteiger partial charge in [-0.25, -0.2) is 4.39 Å². The average molecular weight is 301 g/mol. The van der Waals surface area contributed by atoms with Crippen LogP contribution < -0.4 is 5.32 Å². The molecule has 0 bridgehead atoms. The van der Waals surface area contributed by atoms with Crippen molar-refractivity contribution in [2.45, 2.75) is 12.5 Å². The highest BCUT2D eigenvalue weighted by atomic mass is 19.1. The monoisotopic (exact) mass is 301 g/mol. The van der Waals surface area contributed by atoms with Crippen molar-refractivity contribution in [3.63, 3.8) is 0 Å². The summed E-state index contributed by atoms with van der Waals surface area (Å²) in [4.78, 5) is 12.2. The van der Waals surface area contributed by atoms with E-state index in [4.69, 9.17) is 5.11 Å². The Morgan fingerprint density at radius 1 is 1.36 bits per heavy atom. The van der Waals surface area contributed by atoms with Gasteiger partial charge in [0.1, 0.15) is 11.5 Å². The topological polar surface area (TPSA) is 78.0 Å². The number of carbonyl (C=O) groups is 1. The average Bonchev–Trinajstić information content (AvgIpc) is 3.17. The third-order valence-corrected chi connectivity index (χ3v) is 3.69. The Bertz CT molecular complexity index is 694. The molecule has 22 heavy (non-hydrogen) atoms. The maximum absolute atomic E-state index is 12.9. The van der Waals surface area contributed by atoms with E-state index in [0.29, 0.717) is 17.8 Å². The minimum Gasteiger partial charge on any atom is -0.396 e. The predicted molar refractivity (Wildman–Crippen MR) is 79.6 cm³/mol. The van der Waals surface area contributed by atoms with E-state index in [1.165, 1.54) is 12.1 Å². The number of H-pyrrole nitrogens is 1. The van der Waals surface area contributed by atoms with Crippen molar-refractivity contribution >= 4 is 5.91 Å². The number of aromatic amines is 1. The van der Waals surface area contributed by atoms with E-state index < -0.39 is 0 Å². The molecule has 1 amide bonds. The van der Waals surface area contributed by atoms with Gasteiger partial charge in [-0.05, 0) is 36.8 Å². The van der Waals surface area contributed by atoms with E-state index in [-0.39, 0.29) is 30.3 Å². The third-order valence-electron chi connectivity index (χ3n) is 3.69. The second-order valence-corrected chi connectivity index (χ2v) is 5.32. The summed E-state index contributed by atoms with van der Waals surface area (Å²) in [7, 11) is 0. The van der Waals surface area contributed by atoms with Crippen molar-refractivity contribution in [2.75, 3.05) is 6.61 Å². The SMILES string of the molecule is O=C(N[C@@H]1C=C[C@H](CO)C1)c1cc(-c2ccc(F)cc2)n[nH]1. The molecule has 114 valence electrons. The minimum absolute atomic E-state index is 0.0813. The molecule has 0 saturated heterocycles. The van der Waals surface area contributed by atoms with Crippen molar-refractivity contribution in [2.24, 2.45) is 5.92 Å². The number of aliphatic hydroxyl groups excluding tert-OH is 1. The molecule has 1 aliphatic rings. The van der Waals surface area contributed by atoms with Crippen LogP contribution in [-0.4, -0.2) is 33.9 Å². The standard InChI is InChI=1S/C16H16FN3O2/c17-12-4-2-11(3-5-12)14-8-15(20-19-14)16(22)18-13-6-1-10(7-13)9-21/h1-6,8,10,13,21H,7,9H2,(H,18,22)(H,19,20)/t10-,13+/m0/s1. The number of amides is 1. The molecule has 2 aromatic rings. The summed E-state index contributed by atoms with van der Waals surface area (Å²) < 4.78 is 12.9. The maximum Gasteiger partial charge on any atom is 0.269 e. The van der Waals surface area contributed by atoms with Crippen molar-refractivity contribution in [1.82, 2.24) is 15.5 Å². The number of nitrogens with one attached hydrogen (secondary N) is 2. The van der Waals surface area contributed by atoms with E-state index in [1.54, 1.807) is 18.2 Å². The lowest BCUT2D eigenvalue weighted by Gasteiger charge is -2.11. The minimum atomic E-state index is -0.316. The fourth-order valence-corrected chi connectivity index (χ4v) is 2.47. The number of rotatable bonds is 4. The predicted octanol–water partition coefficient (Wildman–Crippen LogP) is 1.88. The van der Waals surface area contributed by atoms with Crippen molar-refractivity contribution in [1.29, 1.82) is 0 Å². The van der Waals surface area contributed by atoms with E-state index in [2.05, 4.69) is 15.5 Å². The molecular weight excluding hydrogens is 285 g/mol. The largest absolute Gasteiger partial charge is 0.396 e. The Morgan fingerprint density at radius 3 is 2.82 bits per heavy atom. The van der Waals surface area contributed by atoms with Crippen LogP contribution >= 0.6 is 0 Å². The first kappa shape index (κ1) is 14.5. The number of hydrogen-bond acceptors (Lipinski definition) is 3. The second kappa shape index (κ2) is 6.11. The van der Waals surface area contributed by atoms with Gasteiger partial charge in [0, 0.05) is 24.1 Å². The molecule has 1 aromatic carbocycles. The van der Waals surface area contributed by atoms with Crippen LogP contribution in [0.3, 0.4) is 0 Å². The molecule has 5 nitrogen and oxygen atoms in total. The first-order valence-corrected chi connectivity index (χ1v) is 7.07. The molecule has 1 aliphatic carbocycles. The van der Waals surface area contributed by atoms with Crippen LogP contribution in [0.1, 0.15) is 16.9 Å². The molecule has 1 heterocycles. The molecule has 0 unspecified atom stereocenters. The summed E-state index contributed by atoms with van der Waals surface area (Å²) in [6, 6.07) is 7.47. The Labute approximate surface area is 126 Å². The molecule has 0 saturated carbocycles. The van der Waals surface area contributed by atoms with E-state index in [9.17, 15) is 9.18 Å². The Balaban J connectivity index is 1.67. The molecule has 0 spiro atoms. The number of aliphatic hydroxyl groups is 1. The maximum atomic E-state index is 12.9. The Morgan fingerprint density at radius 2 is 2.14 bits per heavy atom. The van der Waals surface area contributed by atoms with Gasteiger partial charge in [-0.15, -0.1) is 0 Å². The molecule has 6 heteroatoms. The van der Waals surface area contributed by atoms with E-state index >= 15 is 0 Å². The molecule has 3 rings (SSSR count). The summed E-state index contributed by atoms with van der Waals surface area (Å²) in [5.74, 6) is -0.473. The third kappa shape index (κ3) is 3.07. The smallest absolute Gasteiger partial charge is 0.269 e. The number of carbonyl (C=O) groups excluding carboxylic acids is 1. The molecule has 3 N–H and O–H groups in total. The molecule has 2 atom stereocenters. The summed E-state index contributed by atoms with van der Waals surface area (Å²) >= 11 is 0. The molecule has 0 aliphatic heterocycles. The van der Waals surface area contributed by atoms with Gasteiger partial charge < -0.3 is 10.4 Å². The van der Waals surface area contributed by atoms with Crippen molar-refractivity contribution < 1.29 is 14.3 Å². The van der Waals surface area contributed by atoms with Crippen LogP contribution in [0.2, 0.25) is 0 Å². The lowest BCUT2D eigenvalue weighted by molar-refractivity contribution is 0.0936. The highest BCUT2D eigenvalue weighted by Gasteiger charge is 2.21. The van der Waals surface area contributed by atoms with Crippen LogP contribution in [0.4, 0.5) is 4.39 Å². The first-order valence-electron chi connectivity index (χ1n) is 7.07. The lowest BCUT2D eigenvalue weighted by atomic mass is 10.1. The van der Waals surface area contributed by atoms with Crippen LogP contribution in [0.15, 0.2) is 42.5 Å². The zero-order valence-corrected chi connectivity index (χ0v) is 11.8. The van der Waals surface area contributed by atoms with Crippen LogP contribution in [0.5, 0.6) is 0 Å². The highest BCUT2D eigenvalue weighted by Crippen LogP contribution is 2.19. The summed E-state index contributed by atoms with van der Waals surface area (Å²) in [6.45, 7) is 0.0850.